The number of carbonyl (C=O) groups is 1. The van der Waals surface area contributed by atoms with Gasteiger partial charge in [-0.25, -0.2) is 4.98 Å². The van der Waals surface area contributed by atoms with E-state index in [9.17, 15) is 4.79 Å². The van der Waals surface area contributed by atoms with Gasteiger partial charge >= 0.3 is 0 Å². The molecule has 20 heavy (non-hydrogen) atoms. The minimum atomic E-state index is -0.175. The third kappa shape index (κ3) is 3.31. The van der Waals surface area contributed by atoms with E-state index in [1.807, 2.05) is 18.4 Å². The fraction of sp³-hybridized carbons (Fsp3) is 0.385. The van der Waals surface area contributed by atoms with Crippen molar-refractivity contribution in [3.8, 4) is 0 Å². The largest absolute Gasteiger partial charge is 0.370 e. The monoisotopic (exact) mass is 274 g/mol. The molecule has 2 aromatic heterocycles. The fourth-order valence-electron chi connectivity index (χ4n) is 1.76. The summed E-state index contributed by atoms with van der Waals surface area (Å²) in [6, 6.07) is 3.53. The Morgan fingerprint density at radius 3 is 2.85 bits per heavy atom. The van der Waals surface area contributed by atoms with Crippen molar-refractivity contribution >= 4 is 11.7 Å². The normalized spacial score (nSPS) is 10.3. The molecule has 2 aromatic rings. The molecule has 106 valence electrons. The van der Waals surface area contributed by atoms with Gasteiger partial charge in [0, 0.05) is 19.3 Å². The van der Waals surface area contributed by atoms with Gasteiger partial charge in [0.1, 0.15) is 12.1 Å². The molecule has 0 aromatic carbocycles. The van der Waals surface area contributed by atoms with Gasteiger partial charge in [-0.05, 0) is 26.0 Å². The Morgan fingerprint density at radius 1 is 1.35 bits per heavy atom. The molecule has 2 rings (SSSR count). The molecule has 1 amide bonds. The van der Waals surface area contributed by atoms with E-state index in [4.69, 9.17) is 0 Å². The van der Waals surface area contributed by atoms with Crippen LogP contribution in [0.1, 0.15) is 30.0 Å². The third-order valence-corrected chi connectivity index (χ3v) is 2.83. The van der Waals surface area contributed by atoms with E-state index in [1.165, 1.54) is 0 Å². The highest BCUT2D eigenvalue weighted by atomic mass is 16.1. The zero-order chi connectivity index (χ0) is 14.4. The Hall–Kier alpha value is -2.44. The van der Waals surface area contributed by atoms with Crippen molar-refractivity contribution < 1.29 is 4.79 Å². The molecule has 0 spiro atoms. The van der Waals surface area contributed by atoms with Gasteiger partial charge < -0.3 is 15.2 Å². The molecule has 0 aliphatic rings. The molecule has 2 N–H and O–H groups in total. The van der Waals surface area contributed by atoms with E-state index in [2.05, 4.69) is 25.8 Å². The van der Waals surface area contributed by atoms with Gasteiger partial charge in [0.2, 0.25) is 0 Å². The van der Waals surface area contributed by atoms with Crippen LogP contribution < -0.4 is 10.6 Å². The second kappa shape index (κ2) is 6.65. The maximum Gasteiger partial charge on any atom is 0.253 e. The predicted molar refractivity (Wildman–Crippen MR) is 75.3 cm³/mol. The van der Waals surface area contributed by atoms with E-state index in [-0.39, 0.29) is 5.91 Å². The Morgan fingerprint density at radius 2 is 2.20 bits per heavy atom. The second-order valence-electron chi connectivity index (χ2n) is 4.18. The Kier molecular flexibility index (Phi) is 4.65. The molecule has 0 aliphatic heterocycles. The van der Waals surface area contributed by atoms with E-state index in [0.29, 0.717) is 12.1 Å². The van der Waals surface area contributed by atoms with Gasteiger partial charge in [-0.15, -0.1) is 10.2 Å². The first-order valence-electron chi connectivity index (χ1n) is 6.59. The van der Waals surface area contributed by atoms with Gasteiger partial charge in [0.05, 0.1) is 12.1 Å². The highest BCUT2D eigenvalue weighted by Gasteiger charge is 2.08. The van der Waals surface area contributed by atoms with E-state index < -0.39 is 0 Å². The molecule has 0 fully saturated rings. The summed E-state index contributed by atoms with van der Waals surface area (Å²) < 4.78 is 1.88. The van der Waals surface area contributed by atoms with Crippen LogP contribution in [0.4, 0.5) is 5.82 Å². The standard InChI is InChI=1S/C13H18N6O/c1-3-14-11-6-5-10(7-15-11)13(20)16-8-12-18-17-9-19(12)4-2/h5-7,9H,3-4,8H2,1-2H3,(H,14,15)(H,16,20). The molecular formula is C13H18N6O. The number of hydrogen-bond donors (Lipinski definition) is 2. The van der Waals surface area contributed by atoms with Crippen molar-refractivity contribution in [2.75, 3.05) is 11.9 Å². The number of carbonyl (C=O) groups excluding carboxylic acids is 1. The number of pyridine rings is 1. The number of aryl methyl sites for hydroxylation is 1. The van der Waals surface area contributed by atoms with Gasteiger partial charge in [0.25, 0.3) is 5.91 Å². The minimum Gasteiger partial charge on any atom is -0.370 e. The molecule has 7 nitrogen and oxygen atoms in total. The Bertz CT molecular complexity index is 562. The average molecular weight is 274 g/mol. The van der Waals surface area contributed by atoms with E-state index in [1.54, 1.807) is 24.7 Å². The van der Waals surface area contributed by atoms with Crippen LogP contribution in [0.15, 0.2) is 24.7 Å². The van der Waals surface area contributed by atoms with Gasteiger partial charge in [-0.1, -0.05) is 0 Å². The average Bonchev–Trinajstić information content (AvgIpc) is 2.93. The van der Waals surface area contributed by atoms with Crippen LogP contribution >= 0.6 is 0 Å². The highest BCUT2D eigenvalue weighted by Crippen LogP contribution is 2.05. The molecule has 0 aliphatic carbocycles. The molecular weight excluding hydrogens is 256 g/mol. The summed E-state index contributed by atoms with van der Waals surface area (Å²) in [6.45, 7) is 5.91. The van der Waals surface area contributed by atoms with Gasteiger partial charge in [0.15, 0.2) is 5.82 Å². The second-order valence-corrected chi connectivity index (χ2v) is 4.18. The number of nitrogens with one attached hydrogen (secondary N) is 2. The first-order valence-corrected chi connectivity index (χ1v) is 6.59. The van der Waals surface area contributed by atoms with Crippen molar-refractivity contribution in [2.45, 2.75) is 26.9 Å². The smallest absolute Gasteiger partial charge is 0.253 e. The summed E-state index contributed by atoms with van der Waals surface area (Å²) in [5.41, 5.74) is 0.522. The number of hydrogen-bond acceptors (Lipinski definition) is 5. The lowest BCUT2D eigenvalue weighted by Gasteiger charge is -2.07. The molecule has 0 saturated carbocycles. The van der Waals surface area contributed by atoms with Crippen LogP contribution in [0.25, 0.3) is 0 Å². The number of aromatic nitrogens is 4. The van der Waals surface area contributed by atoms with Gasteiger partial charge in [-0.2, -0.15) is 0 Å². The van der Waals surface area contributed by atoms with Crippen molar-refractivity contribution in [3.63, 3.8) is 0 Å². The SMILES string of the molecule is CCNc1ccc(C(=O)NCc2nncn2CC)cn1. The van der Waals surface area contributed by atoms with Crippen molar-refractivity contribution in [3.05, 3.63) is 36.0 Å². The fourth-order valence-corrected chi connectivity index (χ4v) is 1.76. The number of amides is 1. The lowest BCUT2D eigenvalue weighted by molar-refractivity contribution is 0.0949. The molecule has 0 unspecified atom stereocenters. The number of nitrogens with zero attached hydrogens (tertiary/aromatic N) is 4. The van der Waals surface area contributed by atoms with E-state index in [0.717, 1.165) is 24.7 Å². The lowest BCUT2D eigenvalue weighted by Crippen LogP contribution is -2.24. The zero-order valence-corrected chi connectivity index (χ0v) is 11.6. The van der Waals surface area contributed by atoms with Crippen LogP contribution in [0.5, 0.6) is 0 Å². The topological polar surface area (TPSA) is 84.7 Å². The maximum absolute atomic E-state index is 12.0. The van der Waals surface area contributed by atoms with E-state index >= 15 is 0 Å². The quantitative estimate of drug-likeness (QED) is 0.822. The molecule has 0 radical (unpaired) electrons. The van der Waals surface area contributed by atoms with Crippen LogP contribution in [-0.2, 0) is 13.1 Å². The molecule has 0 saturated heterocycles. The first kappa shape index (κ1) is 14.0. The Balaban J connectivity index is 1.94. The van der Waals surface area contributed by atoms with Crippen LogP contribution in [0.3, 0.4) is 0 Å². The minimum absolute atomic E-state index is 0.175. The van der Waals surface area contributed by atoms with Crippen molar-refractivity contribution in [1.29, 1.82) is 0 Å². The first-order chi connectivity index (χ1) is 9.74. The van der Waals surface area contributed by atoms with Crippen LogP contribution in [0, 0.1) is 0 Å². The summed E-state index contributed by atoms with van der Waals surface area (Å²) >= 11 is 0. The lowest BCUT2D eigenvalue weighted by atomic mass is 10.2. The maximum atomic E-state index is 12.0. The van der Waals surface area contributed by atoms with Crippen molar-refractivity contribution in [2.24, 2.45) is 0 Å². The summed E-state index contributed by atoms with van der Waals surface area (Å²) in [5, 5.41) is 13.7. The van der Waals surface area contributed by atoms with Gasteiger partial charge in [-0.3, -0.25) is 4.79 Å². The Labute approximate surface area is 117 Å². The van der Waals surface area contributed by atoms with Crippen molar-refractivity contribution in [1.82, 2.24) is 25.1 Å². The third-order valence-electron chi connectivity index (χ3n) is 2.83. The molecule has 0 bridgehead atoms. The zero-order valence-electron chi connectivity index (χ0n) is 11.6. The number of anilines is 1. The van der Waals surface area contributed by atoms with Crippen LogP contribution in [0.2, 0.25) is 0 Å². The summed E-state index contributed by atoms with van der Waals surface area (Å²) in [7, 11) is 0. The number of rotatable bonds is 6. The molecule has 0 atom stereocenters. The summed E-state index contributed by atoms with van der Waals surface area (Å²) in [5.74, 6) is 1.32. The van der Waals surface area contributed by atoms with Crippen LogP contribution in [-0.4, -0.2) is 32.2 Å². The molecule has 2 heterocycles. The summed E-state index contributed by atoms with van der Waals surface area (Å²) in [4.78, 5) is 16.1. The summed E-state index contributed by atoms with van der Waals surface area (Å²) in [6.07, 6.45) is 3.20. The predicted octanol–water partition coefficient (Wildman–Crippen LogP) is 1.05. The highest BCUT2D eigenvalue weighted by molar-refractivity contribution is 5.93. The molecule has 7 heteroatoms.